The maximum Gasteiger partial charge on any atom is 0.209 e. The zero-order valence-electron chi connectivity index (χ0n) is 12.8. The van der Waals surface area contributed by atoms with Crippen LogP contribution in [0.5, 0.6) is 5.75 Å². The van der Waals surface area contributed by atoms with Gasteiger partial charge in [-0.1, -0.05) is 12.1 Å². The summed E-state index contributed by atoms with van der Waals surface area (Å²) in [7, 11) is -3.23. The number of ether oxygens (including phenoxy) is 2. The standard InChI is InChI=1S/C16H23NO4S/c1-22(18,19)17-15-3-2-10-20-16(15)11-21-14-8-6-13(7-9-14)12-4-5-12/h6-9,12,15-17H,2-5,10-11H2,1H3. The zero-order valence-corrected chi connectivity index (χ0v) is 13.6. The second kappa shape index (κ2) is 6.56. The molecule has 5 nitrogen and oxygen atoms in total. The SMILES string of the molecule is CS(=O)(=O)NC1CCCOC1COc1ccc(C2CC2)cc1. The summed E-state index contributed by atoms with van der Waals surface area (Å²) in [6.07, 6.45) is 5.15. The highest BCUT2D eigenvalue weighted by Gasteiger charge is 2.29. The summed E-state index contributed by atoms with van der Waals surface area (Å²) in [5.74, 6) is 1.54. The van der Waals surface area contributed by atoms with Crippen molar-refractivity contribution in [1.29, 1.82) is 0 Å². The lowest BCUT2D eigenvalue weighted by Crippen LogP contribution is -2.49. The van der Waals surface area contributed by atoms with E-state index < -0.39 is 10.0 Å². The van der Waals surface area contributed by atoms with E-state index >= 15 is 0 Å². The first-order valence-corrected chi connectivity index (χ1v) is 9.72. The molecule has 1 saturated heterocycles. The van der Waals surface area contributed by atoms with Gasteiger partial charge in [-0.15, -0.1) is 0 Å². The maximum absolute atomic E-state index is 11.4. The van der Waals surface area contributed by atoms with Gasteiger partial charge in [0.2, 0.25) is 10.0 Å². The van der Waals surface area contributed by atoms with E-state index in [0.717, 1.165) is 24.5 Å². The lowest BCUT2D eigenvalue weighted by molar-refractivity contribution is -0.0278. The van der Waals surface area contributed by atoms with Crippen molar-refractivity contribution < 1.29 is 17.9 Å². The van der Waals surface area contributed by atoms with Crippen LogP contribution in [-0.4, -0.2) is 40.0 Å². The third-order valence-corrected chi connectivity index (χ3v) is 4.88. The van der Waals surface area contributed by atoms with Gasteiger partial charge < -0.3 is 9.47 Å². The van der Waals surface area contributed by atoms with Gasteiger partial charge in [0.1, 0.15) is 18.5 Å². The Morgan fingerprint density at radius 2 is 1.95 bits per heavy atom. The van der Waals surface area contributed by atoms with Gasteiger partial charge >= 0.3 is 0 Å². The quantitative estimate of drug-likeness (QED) is 0.869. The Morgan fingerprint density at radius 1 is 1.23 bits per heavy atom. The van der Waals surface area contributed by atoms with Crippen LogP contribution in [0.1, 0.15) is 37.2 Å². The van der Waals surface area contributed by atoms with Crippen molar-refractivity contribution in [3.8, 4) is 5.75 Å². The highest BCUT2D eigenvalue weighted by molar-refractivity contribution is 7.88. The van der Waals surface area contributed by atoms with Crippen LogP contribution < -0.4 is 9.46 Å². The van der Waals surface area contributed by atoms with E-state index in [0.29, 0.717) is 13.2 Å². The minimum Gasteiger partial charge on any atom is -0.491 e. The molecule has 0 radical (unpaired) electrons. The van der Waals surface area contributed by atoms with Crippen molar-refractivity contribution in [1.82, 2.24) is 4.72 Å². The van der Waals surface area contributed by atoms with Crippen LogP contribution in [0.15, 0.2) is 24.3 Å². The van der Waals surface area contributed by atoms with Crippen LogP contribution in [0.2, 0.25) is 0 Å². The van der Waals surface area contributed by atoms with Crippen molar-refractivity contribution in [2.45, 2.75) is 43.7 Å². The highest BCUT2D eigenvalue weighted by Crippen LogP contribution is 2.40. The average molecular weight is 325 g/mol. The van der Waals surface area contributed by atoms with Gasteiger partial charge in [0, 0.05) is 6.61 Å². The first kappa shape index (κ1) is 15.8. The first-order chi connectivity index (χ1) is 10.5. The fraction of sp³-hybridized carbons (Fsp3) is 0.625. The van der Waals surface area contributed by atoms with Gasteiger partial charge in [-0.3, -0.25) is 0 Å². The zero-order chi connectivity index (χ0) is 15.6. The van der Waals surface area contributed by atoms with Crippen LogP contribution in [0.4, 0.5) is 0 Å². The van der Waals surface area contributed by atoms with E-state index in [-0.39, 0.29) is 12.1 Å². The lowest BCUT2D eigenvalue weighted by Gasteiger charge is -2.31. The van der Waals surface area contributed by atoms with E-state index in [1.807, 2.05) is 12.1 Å². The number of hydrogen-bond acceptors (Lipinski definition) is 4. The van der Waals surface area contributed by atoms with Crippen LogP contribution in [-0.2, 0) is 14.8 Å². The summed E-state index contributed by atoms with van der Waals surface area (Å²) < 4.78 is 36.9. The molecule has 1 N–H and O–H groups in total. The Labute approximate surface area is 132 Å². The number of sulfonamides is 1. The lowest BCUT2D eigenvalue weighted by atomic mass is 10.0. The molecule has 1 aromatic rings. The van der Waals surface area contributed by atoms with E-state index in [1.165, 1.54) is 24.7 Å². The highest BCUT2D eigenvalue weighted by atomic mass is 32.2. The topological polar surface area (TPSA) is 64.6 Å². The third kappa shape index (κ3) is 4.44. The molecule has 0 amide bonds. The van der Waals surface area contributed by atoms with Crippen LogP contribution in [0.25, 0.3) is 0 Å². The van der Waals surface area contributed by atoms with Gasteiger partial charge in [-0.2, -0.15) is 0 Å². The summed E-state index contributed by atoms with van der Waals surface area (Å²) in [5.41, 5.74) is 1.37. The number of nitrogens with one attached hydrogen (secondary N) is 1. The fourth-order valence-electron chi connectivity index (χ4n) is 2.85. The smallest absolute Gasteiger partial charge is 0.209 e. The second-order valence-corrected chi connectivity index (χ2v) is 7.98. The molecule has 22 heavy (non-hydrogen) atoms. The molecule has 6 heteroatoms. The van der Waals surface area contributed by atoms with Gasteiger partial charge in [0.15, 0.2) is 0 Å². The largest absolute Gasteiger partial charge is 0.491 e. The molecule has 1 saturated carbocycles. The van der Waals surface area contributed by atoms with E-state index in [1.54, 1.807) is 0 Å². The molecule has 2 unspecified atom stereocenters. The van der Waals surface area contributed by atoms with Crippen LogP contribution in [0, 0.1) is 0 Å². The Kier molecular flexibility index (Phi) is 4.70. The molecule has 2 fully saturated rings. The second-order valence-electron chi connectivity index (χ2n) is 6.20. The molecule has 0 bridgehead atoms. The Bertz CT molecular complexity index is 595. The monoisotopic (exact) mass is 325 g/mol. The van der Waals surface area contributed by atoms with Gasteiger partial charge in [-0.05, 0) is 49.3 Å². The van der Waals surface area contributed by atoms with E-state index in [2.05, 4.69) is 16.9 Å². The molecule has 1 aromatic carbocycles. The predicted molar refractivity (Wildman–Crippen MR) is 84.7 cm³/mol. The van der Waals surface area contributed by atoms with Gasteiger partial charge in [0.05, 0.1) is 12.3 Å². The normalized spacial score (nSPS) is 25.9. The van der Waals surface area contributed by atoms with Crippen LogP contribution in [0.3, 0.4) is 0 Å². The summed E-state index contributed by atoms with van der Waals surface area (Å²) in [5, 5.41) is 0. The minimum atomic E-state index is -3.23. The Morgan fingerprint density at radius 3 is 2.59 bits per heavy atom. The molecule has 0 spiro atoms. The molecule has 2 aliphatic rings. The van der Waals surface area contributed by atoms with Crippen molar-refractivity contribution in [3.63, 3.8) is 0 Å². The van der Waals surface area contributed by atoms with Crippen molar-refractivity contribution >= 4 is 10.0 Å². The Hall–Kier alpha value is -1.11. The Balaban J connectivity index is 1.55. The summed E-state index contributed by atoms with van der Waals surface area (Å²) >= 11 is 0. The fourth-order valence-corrected chi connectivity index (χ4v) is 3.66. The molecule has 1 aliphatic carbocycles. The average Bonchev–Trinajstić information content (AvgIpc) is 3.30. The molecule has 3 rings (SSSR count). The van der Waals surface area contributed by atoms with E-state index in [4.69, 9.17) is 9.47 Å². The van der Waals surface area contributed by atoms with Crippen molar-refractivity contribution in [2.24, 2.45) is 0 Å². The van der Waals surface area contributed by atoms with Gasteiger partial charge in [0.25, 0.3) is 0 Å². The third-order valence-electron chi connectivity index (χ3n) is 4.15. The number of benzene rings is 1. The molecule has 2 atom stereocenters. The van der Waals surface area contributed by atoms with Crippen molar-refractivity contribution in [2.75, 3.05) is 19.5 Å². The molecule has 122 valence electrons. The summed E-state index contributed by atoms with van der Waals surface area (Å²) in [4.78, 5) is 0. The van der Waals surface area contributed by atoms with Gasteiger partial charge in [-0.25, -0.2) is 13.1 Å². The molecule has 1 heterocycles. The van der Waals surface area contributed by atoms with E-state index in [9.17, 15) is 8.42 Å². The maximum atomic E-state index is 11.4. The number of hydrogen-bond donors (Lipinski definition) is 1. The predicted octanol–water partition coefficient (Wildman–Crippen LogP) is 2.04. The molecule has 0 aromatic heterocycles. The molecular weight excluding hydrogens is 302 g/mol. The molecular formula is C16H23NO4S. The minimum absolute atomic E-state index is 0.213. The van der Waals surface area contributed by atoms with Crippen LogP contribution >= 0.6 is 0 Å². The first-order valence-electron chi connectivity index (χ1n) is 7.83. The van der Waals surface area contributed by atoms with Crippen molar-refractivity contribution in [3.05, 3.63) is 29.8 Å². The summed E-state index contributed by atoms with van der Waals surface area (Å²) in [6.45, 7) is 1.01. The summed E-state index contributed by atoms with van der Waals surface area (Å²) in [6, 6.07) is 7.97. The molecule has 1 aliphatic heterocycles. The number of rotatable bonds is 6.